The van der Waals surface area contributed by atoms with E-state index in [2.05, 4.69) is 30.3 Å². The molecule has 0 atom stereocenters. The van der Waals surface area contributed by atoms with Crippen molar-refractivity contribution in [2.24, 2.45) is 0 Å². The highest BCUT2D eigenvalue weighted by atomic mass is 19.4. The van der Waals surface area contributed by atoms with Crippen LogP contribution in [-0.2, 0) is 4.79 Å². The molecule has 0 radical (unpaired) electrons. The van der Waals surface area contributed by atoms with E-state index in [-0.39, 0.29) is 0 Å². The molecule has 2 rings (SSSR count). The fourth-order valence-corrected chi connectivity index (χ4v) is 1.98. The molecule has 1 N–H and O–H groups in total. The molecular weight excluding hydrogens is 245 g/mol. The van der Waals surface area contributed by atoms with Gasteiger partial charge in [0, 0.05) is 0 Å². The molecule has 100 valence electrons. The van der Waals surface area contributed by atoms with E-state index in [1.54, 1.807) is 5.56 Å². The van der Waals surface area contributed by atoms with E-state index in [9.17, 15) is 13.2 Å². The summed E-state index contributed by atoms with van der Waals surface area (Å²) in [6, 6.07) is 10.9. The van der Waals surface area contributed by atoms with E-state index in [4.69, 9.17) is 9.90 Å². The number of hydrogen-bond donors (Lipinski definition) is 1. The molecule has 0 spiro atoms. The highest BCUT2D eigenvalue weighted by molar-refractivity contribution is 5.73. The van der Waals surface area contributed by atoms with Crippen LogP contribution in [0.1, 0.15) is 37.2 Å². The first-order valence-corrected chi connectivity index (χ1v) is 5.76. The first-order chi connectivity index (χ1) is 8.41. The quantitative estimate of drug-likeness (QED) is 0.829. The molecule has 0 aliphatic heterocycles. The van der Waals surface area contributed by atoms with Crippen LogP contribution in [0.5, 0.6) is 0 Å². The van der Waals surface area contributed by atoms with Gasteiger partial charge in [0.2, 0.25) is 0 Å². The average molecular weight is 260 g/mol. The Morgan fingerprint density at radius 3 is 1.94 bits per heavy atom. The van der Waals surface area contributed by atoms with Gasteiger partial charge in [-0.25, -0.2) is 4.79 Å². The van der Waals surface area contributed by atoms with Crippen molar-refractivity contribution in [3.63, 3.8) is 0 Å². The molecule has 2 nitrogen and oxygen atoms in total. The summed E-state index contributed by atoms with van der Waals surface area (Å²) >= 11 is 0. The third-order valence-electron chi connectivity index (χ3n) is 2.87. The minimum atomic E-state index is -5.08. The Morgan fingerprint density at radius 1 is 1.11 bits per heavy atom. The zero-order valence-electron chi connectivity index (χ0n) is 9.78. The molecule has 0 aromatic heterocycles. The Morgan fingerprint density at radius 2 is 1.56 bits per heavy atom. The van der Waals surface area contributed by atoms with Crippen molar-refractivity contribution in [1.82, 2.24) is 0 Å². The maximum atomic E-state index is 10.6. The summed E-state index contributed by atoms with van der Waals surface area (Å²) in [4.78, 5) is 8.90. The number of hydrogen-bond acceptors (Lipinski definition) is 1. The highest BCUT2D eigenvalue weighted by Crippen LogP contribution is 2.33. The van der Waals surface area contributed by atoms with Crippen LogP contribution >= 0.6 is 0 Å². The van der Waals surface area contributed by atoms with Crippen LogP contribution in [0.25, 0.3) is 0 Å². The van der Waals surface area contributed by atoms with Crippen molar-refractivity contribution < 1.29 is 23.1 Å². The number of carboxylic acids is 1. The minimum Gasteiger partial charge on any atom is -0.475 e. The minimum absolute atomic E-state index is 0.871. The van der Waals surface area contributed by atoms with E-state index >= 15 is 0 Å². The lowest BCUT2D eigenvalue weighted by Crippen LogP contribution is -2.21. The van der Waals surface area contributed by atoms with Crippen LogP contribution in [0, 0.1) is 0 Å². The lowest BCUT2D eigenvalue weighted by Gasteiger charge is -2.07. The molecule has 0 amide bonds. The normalized spacial score (nSPS) is 15.9. The van der Waals surface area contributed by atoms with Gasteiger partial charge in [-0.3, -0.25) is 0 Å². The smallest absolute Gasteiger partial charge is 0.475 e. The van der Waals surface area contributed by atoms with Gasteiger partial charge >= 0.3 is 12.1 Å². The zero-order valence-corrected chi connectivity index (χ0v) is 9.78. The van der Waals surface area contributed by atoms with Crippen molar-refractivity contribution in [3.8, 4) is 0 Å². The van der Waals surface area contributed by atoms with Crippen molar-refractivity contribution in [2.45, 2.75) is 37.8 Å². The van der Waals surface area contributed by atoms with Gasteiger partial charge in [-0.1, -0.05) is 43.2 Å². The van der Waals surface area contributed by atoms with Crippen LogP contribution in [0.2, 0.25) is 0 Å². The Kier molecular flexibility index (Phi) is 5.19. The molecule has 5 heteroatoms. The number of halogens is 3. The van der Waals surface area contributed by atoms with E-state index in [1.165, 1.54) is 25.7 Å². The maximum absolute atomic E-state index is 10.6. The number of carbonyl (C=O) groups is 1. The average Bonchev–Trinajstić information content (AvgIpc) is 2.83. The number of benzene rings is 1. The Bertz CT molecular complexity index is 368. The second kappa shape index (κ2) is 6.42. The van der Waals surface area contributed by atoms with E-state index in [0.29, 0.717) is 0 Å². The summed E-state index contributed by atoms with van der Waals surface area (Å²) in [5.41, 5.74) is 1.55. The Hall–Kier alpha value is -1.52. The molecule has 1 aliphatic rings. The largest absolute Gasteiger partial charge is 0.490 e. The molecule has 18 heavy (non-hydrogen) atoms. The van der Waals surface area contributed by atoms with Gasteiger partial charge in [0.1, 0.15) is 0 Å². The monoisotopic (exact) mass is 260 g/mol. The summed E-state index contributed by atoms with van der Waals surface area (Å²) in [5, 5.41) is 7.12. The van der Waals surface area contributed by atoms with Gasteiger partial charge in [0.25, 0.3) is 0 Å². The predicted octanol–water partition coefficient (Wildman–Crippen LogP) is 3.98. The van der Waals surface area contributed by atoms with Gasteiger partial charge in [0.15, 0.2) is 0 Å². The van der Waals surface area contributed by atoms with Crippen LogP contribution in [0.15, 0.2) is 30.3 Å². The second-order valence-corrected chi connectivity index (χ2v) is 4.19. The number of carboxylic acid groups (broad SMARTS) is 1. The predicted molar refractivity (Wildman–Crippen MR) is 61.3 cm³/mol. The molecule has 1 fully saturated rings. The van der Waals surface area contributed by atoms with Gasteiger partial charge in [-0.05, 0) is 24.3 Å². The van der Waals surface area contributed by atoms with Crippen molar-refractivity contribution in [3.05, 3.63) is 35.9 Å². The fourth-order valence-electron chi connectivity index (χ4n) is 1.98. The molecule has 1 aliphatic carbocycles. The first-order valence-electron chi connectivity index (χ1n) is 5.76. The van der Waals surface area contributed by atoms with Crippen LogP contribution < -0.4 is 0 Å². The number of aliphatic carboxylic acids is 1. The van der Waals surface area contributed by atoms with Crippen molar-refractivity contribution in [2.75, 3.05) is 0 Å². The van der Waals surface area contributed by atoms with Crippen LogP contribution in [-0.4, -0.2) is 17.3 Å². The second-order valence-electron chi connectivity index (χ2n) is 4.19. The Labute approximate surface area is 103 Å². The molecule has 1 aromatic rings. The number of rotatable bonds is 1. The lowest BCUT2D eigenvalue weighted by molar-refractivity contribution is -0.192. The molecule has 0 bridgehead atoms. The molecule has 0 heterocycles. The summed E-state index contributed by atoms with van der Waals surface area (Å²) in [6.07, 6.45) is 0.590. The summed E-state index contributed by atoms with van der Waals surface area (Å²) < 4.78 is 31.7. The standard InChI is InChI=1S/C11H14.C2HF3O2/c1-2-6-10(7-3-1)11-8-4-5-9-11;3-2(4,5)1(6)7/h1-3,6-7,11H,4-5,8-9H2;(H,6,7). The van der Waals surface area contributed by atoms with E-state index in [1.807, 2.05) is 0 Å². The molecule has 1 saturated carbocycles. The highest BCUT2D eigenvalue weighted by Gasteiger charge is 2.38. The van der Waals surface area contributed by atoms with E-state index in [0.717, 1.165) is 5.92 Å². The van der Waals surface area contributed by atoms with Gasteiger partial charge in [0.05, 0.1) is 0 Å². The molecule has 0 unspecified atom stereocenters. The van der Waals surface area contributed by atoms with E-state index < -0.39 is 12.1 Å². The van der Waals surface area contributed by atoms with Gasteiger partial charge in [-0.2, -0.15) is 13.2 Å². The van der Waals surface area contributed by atoms with Crippen molar-refractivity contribution in [1.29, 1.82) is 0 Å². The maximum Gasteiger partial charge on any atom is 0.490 e. The summed E-state index contributed by atoms with van der Waals surface area (Å²) in [6.45, 7) is 0. The molecular formula is C13H15F3O2. The first kappa shape index (κ1) is 14.5. The van der Waals surface area contributed by atoms with Crippen LogP contribution in [0.4, 0.5) is 13.2 Å². The third kappa shape index (κ3) is 4.77. The SMILES string of the molecule is O=C(O)C(F)(F)F.c1ccc(C2CCCC2)cc1. The zero-order chi connectivity index (χ0) is 13.6. The number of alkyl halides is 3. The fraction of sp³-hybridized carbons (Fsp3) is 0.462. The molecule has 0 saturated heterocycles. The lowest BCUT2D eigenvalue weighted by atomic mass is 9.98. The van der Waals surface area contributed by atoms with Gasteiger partial charge in [-0.15, -0.1) is 0 Å². The third-order valence-corrected chi connectivity index (χ3v) is 2.87. The Balaban J connectivity index is 0.000000203. The summed E-state index contributed by atoms with van der Waals surface area (Å²) in [5.74, 6) is -1.89. The summed E-state index contributed by atoms with van der Waals surface area (Å²) in [7, 11) is 0. The van der Waals surface area contributed by atoms with Crippen molar-refractivity contribution >= 4 is 5.97 Å². The van der Waals surface area contributed by atoms with Gasteiger partial charge < -0.3 is 5.11 Å². The topological polar surface area (TPSA) is 37.3 Å². The molecule has 1 aromatic carbocycles. The van der Waals surface area contributed by atoms with Crippen LogP contribution in [0.3, 0.4) is 0 Å².